The minimum absolute atomic E-state index is 0.0557. The van der Waals surface area contributed by atoms with Crippen LogP contribution < -0.4 is 10.1 Å². The predicted molar refractivity (Wildman–Crippen MR) is 185 cm³/mol. The van der Waals surface area contributed by atoms with Gasteiger partial charge >= 0.3 is 0 Å². The Kier molecular flexibility index (Phi) is 10.1. The molecule has 0 aliphatic carbocycles. The topological polar surface area (TPSA) is 80.2 Å². The number of aliphatic imine (C=N–C) groups is 1. The zero-order valence-electron chi connectivity index (χ0n) is 25.6. The fourth-order valence-electron chi connectivity index (χ4n) is 5.61. The average Bonchev–Trinajstić information content (AvgIpc) is 3.50. The standard InChI is InChI=1S/C39H34BrFN2O4/c40-33-17-7-27(8-18-33)25-39(38(45)42-26-28-9-19-34(41)20-10-28)36(31-13-11-30(12-14-31)29-5-2-1-3-6-29)47-37(43-39)32-15-21-35(22-16-32)46-24-4-23-44/h1-3,5-22,36,44H,4,23-26H2,(H,42,45)/t36-,39-/m1/s1. The number of hydrogen-bond donors (Lipinski definition) is 2. The molecule has 0 saturated heterocycles. The number of hydrogen-bond acceptors (Lipinski definition) is 5. The number of nitrogens with zero attached hydrogens (tertiary/aromatic N) is 1. The van der Waals surface area contributed by atoms with Gasteiger partial charge in [0.25, 0.3) is 5.91 Å². The molecular weight excluding hydrogens is 659 g/mol. The Morgan fingerprint density at radius 1 is 0.830 bits per heavy atom. The summed E-state index contributed by atoms with van der Waals surface area (Å²) in [6, 6.07) is 39.4. The van der Waals surface area contributed by atoms with E-state index in [2.05, 4.69) is 33.4 Å². The molecule has 1 heterocycles. The third-order valence-corrected chi connectivity index (χ3v) is 8.63. The molecule has 1 aliphatic heterocycles. The number of halogens is 2. The fraction of sp³-hybridized carbons (Fsp3) is 0.179. The molecule has 0 bridgehead atoms. The largest absolute Gasteiger partial charge is 0.494 e. The van der Waals surface area contributed by atoms with Crippen LogP contribution in [0.2, 0.25) is 0 Å². The van der Waals surface area contributed by atoms with Crippen LogP contribution in [0.4, 0.5) is 4.39 Å². The normalized spacial score (nSPS) is 17.1. The Hall–Kier alpha value is -4.79. The van der Waals surface area contributed by atoms with Crippen molar-refractivity contribution in [2.45, 2.75) is 31.0 Å². The van der Waals surface area contributed by atoms with Crippen LogP contribution in [-0.2, 0) is 22.5 Å². The van der Waals surface area contributed by atoms with Gasteiger partial charge in [-0.3, -0.25) is 4.79 Å². The van der Waals surface area contributed by atoms with Crippen molar-refractivity contribution in [3.63, 3.8) is 0 Å². The van der Waals surface area contributed by atoms with Gasteiger partial charge in [-0.25, -0.2) is 9.38 Å². The van der Waals surface area contributed by atoms with Gasteiger partial charge in [0.2, 0.25) is 5.90 Å². The zero-order valence-corrected chi connectivity index (χ0v) is 27.2. The maximum absolute atomic E-state index is 14.5. The SMILES string of the molecule is O=C(NCc1ccc(F)cc1)[C@]1(Cc2ccc(Br)cc2)N=C(c2ccc(OCCCO)cc2)O[C@@H]1c1ccc(-c2ccccc2)cc1. The number of carbonyl (C=O) groups excluding carboxylic acids is 1. The molecule has 238 valence electrons. The lowest BCUT2D eigenvalue weighted by molar-refractivity contribution is -0.129. The molecule has 2 N–H and O–H groups in total. The lowest BCUT2D eigenvalue weighted by Crippen LogP contribution is -2.49. The Balaban J connectivity index is 1.40. The molecule has 8 heteroatoms. The summed E-state index contributed by atoms with van der Waals surface area (Å²) < 4.78 is 26.9. The van der Waals surface area contributed by atoms with Gasteiger partial charge in [0.15, 0.2) is 11.6 Å². The number of carbonyl (C=O) groups is 1. The lowest BCUT2D eigenvalue weighted by Gasteiger charge is -2.31. The summed E-state index contributed by atoms with van der Waals surface area (Å²) >= 11 is 3.52. The summed E-state index contributed by atoms with van der Waals surface area (Å²) in [5.41, 5.74) is 3.95. The maximum atomic E-state index is 14.5. The van der Waals surface area contributed by atoms with E-state index in [1.165, 1.54) is 12.1 Å². The number of ether oxygens (including phenoxy) is 2. The second-order valence-electron chi connectivity index (χ2n) is 11.4. The summed E-state index contributed by atoms with van der Waals surface area (Å²) in [5, 5.41) is 12.2. The van der Waals surface area contributed by atoms with Crippen molar-refractivity contribution in [3.05, 3.63) is 160 Å². The number of aliphatic hydroxyl groups is 1. The lowest BCUT2D eigenvalue weighted by atomic mass is 9.81. The Bertz CT molecular complexity index is 1810. The van der Waals surface area contributed by atoms with Gasteiger partial charge in [-0.1, -0.05) is 94.8 Å². The van der Waals surface area contributed by atoms with E-state index in [0.29, 0.717) is 30.2 Å². The molecule has 0 saturated carbocycles. The van der Waals surface area contributed by atoms with E-state index < -0.39 is 11.6 Å². The molecule has 5 aromatic carbocycles. The van der Waals surface area contributed by atoms with Crippen LogP contribution >= 0.6 is 15.9 Å². The van der Waals surface area contributed by atoms with E-state index >= 15 is 0 Å². The van der Waals surface area contributed by atoms with Crippen molar-refractivity contribution in [2.24, 2.45) is 4.99 Å². The second-order valence-corrected chi connectivity index (χ2v) is 12.3. The molecule has 0 aromatic heterocycles. The second kappa shape index (κ2) is 14.8. The predicted octanol–water partition coefficient (Wildman–Crippen LogP) is 7.83. The van der Waals surface area contributed by atoms with Crippen molar-refractivity contribution in [2.75, 3.05) is 13.2 Å². The van der Waals surface area contributed by atoms with Gasteiger partial charge in [-0.2, -0.15) is 0 Å². The monoisotopic (exact) mass is 692 g/mol. The fourth-order valence-corrected chi connectivity index (χ4v) is 5.88. The Labute approximate surface area is 282 Å². The number of benzene rings is 5. The van der Waals surface area contributed by atoms with Crippen molar-refractivity contribution >= 4 is 27.7 Å². The molecule has 6 nitrogen and oxygen atoms in total. The zero-order chi connectivity index (χ0) is 32.6. The highest BCUT2D eigenvalue weighted by Gasteiger charge is 2.53. The van der Waals surface area contributed by atoms with Crippen LogP contribution in [0.25, 0.3) is 11.1 Å². The summed E-state index contributed by atoms with van der Waals surface area (Å²) in [4.78, 5) is 19.6. The summed E-state index contributed by atoms with van der Waals surface area (Å²) in [7, 11) is 0. The Morgan fingerprint density at radius 2 is 1.47 bits per heavy atom. The molecule has 0 unspecified atom stereocenters. The van der Waals surface area contributed by atoms with Crippen molar-refractivity contribution in [1.29, 1.82) is 0 Å². The minimum Gasteiger partial charge on any atom is -0.494 e. The quantitative estimate of drug-likeness (QED) is 0.131. The van der Waals surface area contributed by atoms with Gasteiger partial charge in [0.05, 0.1) is 6.61 Å². The van der Waals surface area contributed by atoms with Crippen LogP contribution in [0.1, 0.15) is 34.8 Å². The Morgan fingerprint density at radius 3 is 2.15 bits per heavy atom. The molecular formula is C39H34BrFN2O4. The number of rotatable bonds is 12. The van der Waals surface area contributed by atoms with E-state index in [-0.39, 0.29) is 31.3 Å². The molecule has 5 aromatic rings. The highest BCUT2D eigenvalue weighted by Crippen LogP contribution is 2.43. The molecule has 1 aliphatic rings. The van der Waals surface area contributed by atoms with Crippen molar-refractivity contribution in [3.8, 4) is 16.9 Å². The van der Waals surface area contributed by atoms with Crippen LogP contribution in [0, 0.1) is 5.82 Å². The van der Waals surface area contributed by atoms with Crippen LogP contribution in [-0.4, -0.2) is 35.7 Å². The van der Waals surface area contributed by atoms with Gasteiger partial charge in [0.1, 0.15) is 11.6 Å². The van der Waals surface area contributed by atoms with Gasteiger partial charge in [0, 0.05) is 36.0 Å². The van der Waals surface area contributed by atoms with E-state index in [1.54, 1.807) is 12.1 Å². The first-order valence-corrected chi connectivity index (χ1v) is 16.3. The summed E-state index contributed by atoms with van der Waals surface area (Å²) in [6.45, 7) is 0.657. The number of aliphatic hydroxyl groups excluding tert-OH is 1. The molecule has 0 radical (unpaired) electrons. The first-order chi connectivity index (χ1) is 22.9. The highest BCUT2D eigenvalue weighted by molar-refractivity contribution is 9.10. The number of amides is 1. The molecule has 0 spiro atoms. The third kappa shape index (κ3) is 7.62. The summed E-state index contributed by atoms with van der Waals surface area (Å²) in [5.74, 6) is 0.361. The van der Waals surface area contributed by atoms with E-state index in [4.69, 9.17) is 19.6 Å². The van der Waals surface area contributed by atoms with Crippen LogP contribution in [0.3, 0.4) is 0 Å². The van der Waals surface area contributed by atoms with E-state index in [0.717, 1.165) is 32.3 Å². The van der Waals surface area contributed by atoms with Crippen LogP contribution in [0.5, 0.6) is 5.75 Å². The van der Waals surface area contributed by atoms with Crippen molar-refractivity contribution in [1.82, 2.24) is 5.32 Å². The highest BCUT2D eigenvalue weighted by atomic mass is 79.9. The first-order valence-electron chi connectivity index (χ1n) is 15.5. The molecule has 1 amide bonds. The van der Waals surface area contributed by atoms with Gasteiger partial charge in [-0.05, 0) is 76.3 Å². The van der Waals surface area contributed by atoms with Gasteiger partial charge in [-0.15, -0.1) is 0 Å². The maximum Gasteiger partial charge on any atom is 0.252 e. The molecule has 6 rings (SSSR count). The average molecular weight is 694 g/mol. The minimum atomic E-state index is -1.37. The van der Waals surface area contributed by atoms with E-state index in [9.17, 15) is 9.18 Å². The van der Waals surface area contributed by atoms with Gasteiger partial charge < -0.3 is 19.9 Å². The number of nitrogens with one attached hydrogen (secondary N) is 1. The summed E-state index contributed by atoms with van der Waals surface area (Å²) in [6.07, 6.45) is 0.0557. The molecule has 47 heavy (non-hydrogen) atoms. The molecule has 0 fully saturated rings. The van der Waals surface area contributed by atoms with E-state index in [1.807, 2.05) is 91.0 Å². The van der Waals surface area contributed by atoms with Crippen molar-refractivity contribution < 1.29 is 23.8 Å². The molecule has 2 atom stereocenters. The smallest absolute Gasteiger partial charge is 0.252 e. The van der Waals surface area contributed by atoms with Crippen LogP contribution in [0.15, 0.2) is 137 Å². The first kappa shape index (κ1) is 32.2. The third-order valence-electron chi connectivity index (χ3n) is 8.10.